The van der Waals surface area contributed by atoms with Gasteiger partial charge in [-0.2, -0.15) is 0 Å². The number of hydrogen-bond donors (Lipinski definition) is 0. The molecule has 0 aliphatic rings. The van der Waals surface area contributed by atoms with E-state index < -0.39 is 6.04 Å². The Morgan fingerprint density at radius 1 is 1.05 bits per heavy atom. The monoisotopic (exact) mass is 306 g/mol. The Morgan fingerprint density at radius 3 is 2.36 bits per heavy atom. The molecular formula is C18H28NO3. The molecule has 0 aromatic carbocycles. The van der Waals surface area contributed by atoms with Crippen molar-refractivity contribution in [3.05, 3.63) is 22.3 Å². The first kappa shape index (κ1) is 20.4. The van der Waals surface area contributed by atoms with Crippen molar-refractivity contribution in [2.24, 2.45) is 0 Å². The molecule has 123 valence electrons. The average molecular weight is 306 g/mol. The average Bonchev–Trinajstić information content (AvgIpc) is 2.50. The van der Waals surface area contributed by atoms with Gasteiger partial charge in [0.2, 0.25) is 0 Å². The summed E-state index contributed by atoms with van der Waals surface area (Å²) in [5, 5.41) is 10.9. The maximum atomic E-state index is 10.9. The molecule has 4 heteroatoms. The summed E-state index contributed by atoms with van der Waals surface area (Å²) in [5.41, 5.74) is 0. The minimum atomic E-state index is -0.871. The fraction of sp³-hybridized carbons (Fsp3) is 0.722. The lowest BCUT2D eigenvalue weighted by Gasteiger charge is -1.97. The zero-order chi connectivity index (χ0) is 16.5. The van der Waals surface area contributed by atoms with E-state index >= 15 is 0 Å². The molecule has 0 saturated carbocycles. The Kier molecular flexibility index (Phi) is 14.6. The van der Waals surface area contributed by atoms with E-state index in [2.05, 4.69) is 18.8 Å². The van der Waals surface area contributed by atoms with E-state index in [9.17, 15) is 14.9 Å². The predicted molar refractivity (Wildman–Crippen MR) is 89.9 cm³/mol. The fourth-order valence-electron chi connectivity index (χ4n) is 2.03. The molecule has 1 radical (unpaired) electrons. The van der Waals surface area contributed by atoms with E-state index in [-0.39, 0.29) is 4.92 Å². The van der Waals surface area contributed by atoms with Crippen molar-refractivity contribution in [1.82, 2.24) is 0 Å². The van der Waals surface area contributed by atoms with E-state index in [1.54, 1.807) is 6.08 Å². The molecule has 0 aliphatic carbocycles. The predicted octanol–water partition coefficient (Wildman–Crippen LogP) is 4.61. The lowest BCUT2D eigenvalue weighted by Crippen LogP contribution is -2.13. The van der Waals surface area contributed by atoms with Crippen molar-refractivity contribution in [2.45, 2.75) is 83.6 Å². The standard InChI is InChI=1S/C18H28NO3/c1-2-3-4-9-12-15-18(19(21)22)16-13-10-7-5-6-8-11-14-17-20/h12,15,18H,2-11,14H2,1H3/b15-12+. The Bertz CT molecular complexity index is 380. The summed E-state index contributed by atoms with van der Waals surface area (Å²) in [7, 11) is 0. The van der Waals surface area contributed by atoms with Crippen LogP contribution in [-0.2, 0) is 4.79 Å². The molecule has 0 fully saturated rings. The Hall–Kier alpha value is -1.63. The van der Waals surface area contributed by atoms with Gasteiger partial charge >= 0.3 is 0 Å². The van der Waals surface area contributed by atoms with Crippen LogP contribution in [0.25, 0.3) is 0 Å². The van der Waals surface area contributed by atoms with Crippen molar-refractivity contribution >= 4 is 6.29 Å². The minimum Gasteiger partial charge on any atom is -0.291 e. The van der Waals surface area contributed by atoms with Gasteiger partial charge in [-0.3, -0.25) is 14.9 Å². The van der Waals surface area contributed by atoms with Gasteiger partial charge in [0.05, 0.1) is 0 Å². The van der Waals surface area contributed by atoms with E-state index in [1.165, 1.54) is 0 Å². The third-order valence-electron chi connectivity index (χ3n) is 3.35. The van der Waals surface area contributed by atoms with Gasteiger partial charge in [0.1, 0.15) is 0 Å². The van der Waals surface area contributed by atoms with Gasteiger partial charge in [-0.25, -0.2) is 0 Å². The van der Waals surface area contributed by atoms with Crippen molar-refractivity contribution in [1.29, 1.82) is 0 Å². The molecule has 0 N–H and O–H groups in total. The molecule has 1 atom stereocenters. The first-order chi connectivity index (χ1) is 10.7. The molecular weight excluding hydrogens is 278 g/mol. The first-order valence-electron chi connectivity index (χ1n) is 8.36. The number of nitrogens with zero attached hydrogens (tertiary/aromatic N) is 1. The summed E-state index contributed by atoms with van der Waals surface area (Å²) in [6.45, 7) is 2.13. The summed E-state index contributed by atoms with van der Waals surface area (Å²) < 4.78 is 0. The lowest BCUT2D eigenvalue weighted by atomic mass is 10.1. The maximum absolute atomic E-state index is 10.9. The van der Waals surface area contributed by atoms with Gasteiger partial charge in [0.25, 0.3) is 6.04 Å². The van der Waals surface area contributed by atoms with Crippen molar-refractivity contribution in [3.63, 3.8) is 0 Å². The molecule has 0 aromatic heterocycles. The van der Waals surface area contributed by atoms with Gasteiger partial charge in [0.15, 0.2) is 6.29 Å². The summed E-state index contributed by atoms with van der Waals surface area (Å²) in [6.07, 6.45) is 15.9. The topological polar surface area (TPSA) is 60.2 Å². The van der Waals surface area contributed by atoms with Gasteiger partial charge in [0, 0.05) is 17.8 Å². The van der Waals surface area contributed by atoms with Crippen LogP contribution >= 0.6 is 0 Å². The summed E-state index contributed by atoms with van der Waals surface area (Å²) in [6, 6.07) is -0.871. The summed E-state index contributed by atoms with van der Waals surface area (Å²) in [5.74, 6) is 5.65. The van der Waals surface area contributed by atoms with Gasteiger partial charge in [-0.05, 0) is 37.7 Å². The zero-order valence-corrected chi connectivity index (χ0v) is 13.7. The molecule has 0 saturated heterocycles. The van der Waals surface area contributed by atoms with Crippen LogP contribution in [0.15, 0.2) is 12.2 Å². The molecule has 4 nitrogen and oxygen atoms in total. The first-order valence-corrected chi connectivity index (χ1v) is 8.36. The highest BCUT2D eigenvalue weighted by Gasteiger charge is 2.10. The summed E-state index contributed by atoms with van der Waals surface area (Å²) in [4.78, 5) is 20.6. The second-order valence-electron chi connectivity index (χ2n) is 5.39. The second-order valence-corrected chi connectivity index (χ2v) is 5.39. The molecule has 0 amide bonds. The highest BCUT2D eigenvalue weighted by molar-refractivity contribution is 5.50. The molecule has 0 aromatic rings. The van der Waals surface area contributed by atoms with Crippen molar-refractivity contribution in [2.75, 3.05) is 0 Å². The van der Waals surface area contributed by atoms with Crippen molar-refractivity contribution in [3.8, 4) is 11.8 Å². The van der Waals surface area contributed by atoms with Gasteiger partial charge < -0.3 is 0 Å². The second kappa shape index (κ2) is 15.8. The van der Waals surface area contributed by atoms with Crippen LogP contribution in [0.2, 0.25) is 0 Å². The maximum Gasteiger partial charge on any atom is 0.290 e. The molecule has 0 bridgehead atoms. The Balaban J connectivity index is 3.84. The van der Waals surface area contributed by atoms with Crippen LogP contribution in [0.1, 0.15) is 77.6 Å². The van der Waals surface area contributed by atoms with Gasteiger partial charge in [-0.15, -0.1) is 0 Å². The number of hydrogen-bond acceptors (Lipinski definition) is 3. The molecule has 0 spiro atoms. The minimum absolute atomic E-state index is 0.334. The zero-order valence-electron chi connectivity index (χ0n) is 13.7. The highest BCUT2D eigenvalue weighted by atomic mass is 16.6. The smallest absolute Gasteiger partial charge is 0.290 e. The number of unbranched alkanes of at least 4 members (excludes halogenated alkanes) is 9. The van der Waals surface area contributed by atoms with Crippen LogP contribution in [0, 0.1) is 22.0 Å². The number of allylic oxidation sites excluding steroid dienone is 1. The van der Waals surface area contributed by atoms with Crippen LogP contribution in [0.3, 0.4) is 0 Å². The Morgan fingerprint density at radius 2 is 1.73 bits per heavy atom. The third-order valence-corrected chi connectivity index (χ3v) is 3.35. The van der Waals surface area contributed by atoms with Crippen LogP contribution in [0.5, 0.6) is 0 Å². The van der Waals surface area contributed by atoms with Crippen molar-refractivity contribution < 1.29 is 9.72 Å². The fourth-order valence-corrected chi connectivity index (χ4v) is 2.03. The van der Waals surface area contributed by atoms with E-state index in [1.807, 2.05) is 12.4 Å². The van der Waals surface area contributed by atoms with Crippen LogP contribution < -0.4 is 0 Å². The van der Waals surface area contributed by atoms with E-state index in [4.69, 9.17) is 0 Å². The normalized spacial score (nSPS) is 11.9. The summed E-state index contributed by atoms with van der Waals surface area (Å²) >= 11 is 0. The van der Waals surface area contributed by atoms with E-state index in [0.29, 0.717) is 12.8 Å². The number of rotatable bonds is 13. The Labute approximate surface area is 134 Å². The van der Waals surface area contributed by atoms with E-state index in [0.717, 1.165) is 57.8 Å². The van der Waals surface area contributed by atoms with Gasteiger partial charge in [-0.1, -0.05) is 51.0 Å². The lowest BCUT2D eigenvalue weighted by molar-refractivity contribution is -0.493. The number of carbonyl (C=O) groups excluding carboxylic acids is 1. The van der Waals surface area contributed by atoms with Crippen LogP contribution in [0.4, 0.5) is 0 Å². The molecule has 1 unspecified atom stereocenters. The largest absolute Gasteiger partial charge is 0.291 e. The quantitative estimate of drug-likeness (QED) is 0.164. The number of nitro groups is 1. The SMILES string of the molecule is CCCCC/C=C/C(C#CCCCCCCC[C]=O)[N+](=O)[O-]. The highest BCUT2D eigenvalue weighted by Crippen LogP contribution is 2.06. The molecule has 0 rings (SSSR count). The molecule has 0 heterocycles. The molecule has 0 aliphatic heterocycles. The molecule has 22 heavy (non-hydrogen) atoms. The van der Waals surface area contributed by atoms with Crippen LogP contribution in [-0.4, -0.2) is 17.3 Å². The third kappa shape index (κ3) is 13.4.